The zero-order chi connectivity index (χ0) is 18.5. The molecule has 2 N–H and O–H groups in total. The van der Waals surface area contributed by atoms with Gasteiger partial charge in [-0.05, 0) is 30.9 Å². The predicted octanol–water partition coefficient (Wildman–Crippen LogP) is 1.60. The summed E-state index contributed by atoms with van der Waals surface area (Å²) in [6, 6.07) is 7.67. The van der Waals surface area contributed by atoms with Crippen molar-refractivity contribution in [2.45, 2.75) is 45.9 Å². The first kappa shape index (κ1) is 18.4. The minimum atomic E-state index is -0.373. The maximum Gasteiger partial charge on any atom is 0.249 e. The van der Waals surface area contributed by atoms with Gasteiger partial charge in [-0.15, -0.1) is 0 Å². The van der Waals surface area contributed by atoms with Crippen LogP contribution in [0.5, 0.6) is 0 Å². The molecule has 0 saturated carbocycles. The monoisotopic (exact) mass is 358 g/mol. The molecule has 1 aromatic carbocycles. The molecule has 1 unspecified atom stereocenters. The second-order valence-corrected chi connectivity index (χ2v) is 7.02. The molecule has 0 bridgehead atoms. The number of carbonyl (C=O) groups excluding carboxylic acids is 2. The van der Waals surface area contributed by atoms with Crippen LogP contribution in [0, 0.1) is 5.92 Å². The van der Waals surface area contributed by atoms with Crippen molar-refractivity contribution >= 4 is 22.8 Å². The number of carbonyl (C=O) groups is 2. The molecular weight excluding hydrogens is 332 g/mol. The van der Waals surface area contributed by atoms with Crippen molar-refractivity contribution in [3.05, 3.63) is 30.1 Å². The van der Waals surface area contributed by atoms with Crippen LogP contribution in [-0.2, 0) is 27.4 Å². The lowest BCUT2D eigenvalue weighted by Gasteiger charge is -2.13. The molecule has 1 fully saturated rings. The Kier molecular flexibility index (Phi) is 5.88. The Balaban J connectivity index is 1.73. The third-order valence-corrected chi connectivity index (χ3v) is 4.39. The van der Waals surface area contributed by atoms with Gasteiger partial charge in [-0.3, -0.25) is 9.59 Å². The number of nitrogens with one attached hydrogen (secondary N) is 2. The Bertz CT molecular complexity index is 778. The topological polar surface area (TPSA) is 85.2 Å². The van der Waals surface area contributed by atoms with Crippen LogP contribution in [0.2, 0.25) is 0 Å². The lowest BCUT2D eigenvalue weighted by molar-refractivity contribution is -0.130. The third-order valence-electron chi connectivity index (χ3n) is 4.39. The fourth-order valence-electron chi connectivity index (χ4n) is 3.02. The second kappa shape index (κ2) is 8.31. The summed E-state index contributed by atoms with van der Waals surface area (Å²) in [5.41, 5.74) is 1.69. The molecule has 2 heterocycles. The first-order valence-electron chi connectivity index (χ1n) is 9.14. The van der Waals surface area contributed by atoms with Crippen molar-refractivity contribution in [2.75, 3.05) is 13.2 Å². The maximum absolute atomic E-state index is 12.3. The third kappa shape index (κ3) is 4.40. The van der Waals surface area contributed by atoms with Crippen molar-refractivity contribution < 1.29 is 14.3 Å². The van der Waals surface area contributed by atoms with Crippen molar-refractivity contribution in [2.24, 2.45) is 5.92 Å². The molecule has 7 nitrogen and oxygen atoms in total. The predicted molar refractivity (Wildman–Crippen MR) is 98.4 cm³/mol. The highest BCUT2D eigenvalue weighted by atomic mass is 16.5. The van der Waals surface area contributed by atoms with Gasteiger partial charge in [-0.1, -0.05) is 26.0 Å². The van der Waals surface area contributed by atoms with Gasteiger partial charge in [0.25, 0.3) is 0 Å². The SMILES string of the molecule is CC(C)CNC(=O)Cn1c(CNC(=O)C2CCCO2)nc2ccccc21. The summed E-state index contributed by atoms with van der Waals surface area (Å²) >= 11 is 0. The van der Waals surface area contributed by atoms with Crippen LogP contribution in [-0.4, -0.2) is 40.6 Å². The van der Waals surface area contributed by atoms with E-state index in [-0.39, 0.29) is 31.0 Å². The number of nitrogens with zero attached hydrogens (tertiary/aromatic N) is 2. The first-order chi connectivity index (χ1) is 12.5. The molecule has 3 rings (SSSR count). The van der Waals surface area contributed by atoms with E-state index < -0.39 is 0 Å². The Morgan fingerprint density at radius 1 is 1.31 bits per heavy atom. The summed E-state index contributed by atoms with van der Waals surface area (Å²) in [5, 5.41) is 5.81. The van der Waals surface area contributed by atoms with E-state index in [1.807, 2.05) is 28.8 Å². The standard InChI is InChI=1S/C19H26N4O3/c1-13(2)10-20-18(24)12-23-15-7-4-3-6-14(15)22-17(23)11-21-19(25)16-8-5-9-26-16/h3-4,6-7,13,16H,5,8-12H2,1-2H3,(H,20,24)(H,21,25). The zero-order valence-corrected chi connectivity index (χ0v) is 15.3. The smallest absolute Gasteiger partial charge is 0.249 e. The van der Waals surface area contributed by atoms with Crippen molar-refractivity contribution in [3.63, 3.8) is 0 Å². The molecule has 1 aliphatic rings. The number of aromatic nitrogens is 2. The van der Waals surface area contributed by atoms with Gasteiger partial charge < -0.3 is 19.9 Å². The quantitative estimate of drug-likeness (QED) is 0.787. The number of hydrogen-bond donors (Lipinski definition) is 2. The van der Waals surface area contributed by atoms with E-state index >= 15 is 0 Å². The van der Waals surface area contributed by atoms with Gasteiger partial charge in [-0.2, -0.15) is 0 Å². The number of rotatable bonds is 7. The minimum absolute atomic E-state index is 0.0615. The highest BCUT2D eigenvalue weighted by molar-refractivity contribution is 5.82. The molecule has 2 amide bonds. The maximum atomic E-state index is 12.3. The van der Waals surface area contributed by atoms with Gasteiger partial charge in [-0.25, -0.2) is 4.98 Å². The molecule has 0 aliphatic carbocycles. The van der Waals surface area contributed by atoms with Crippen LogP contribution >= 0.6 is 0 Å². The second-order valence-electron chi connectivity index (χ2n) is 7.02. The number of fused-ring (bicyclic) bond motifs is 1. The number of amides is 2. The Labute approximate surface area is 153 Å². The molecule has 7 heteroatoms. The van der Waals surface area contributed by atoms with E-state index in [0.29, 0.717) is 24.9 Å². The Hall–Kier alpha value is -2.41. The molecule has 1 atom stereocenters. The van der Waals surface area contributed by atoms with E-state index in [1.54, 1.807) is 0 Å². The van der Waals surface area contributed by atoms with E-state index in [9.17, 15) is 9.59 Å². The number of benzene rings is 1. The Morgan fingerprint density at radius 3 is 2.85 bits per heavy atom. The van der Waals surface area contributed by atoms with Gasteiger partial charge in [0.2, 0.25) is 11.8 Å². The van der Waals surface area contributed by atoms with Gasteiger partial charge in [0.15, 0.2) is 0 Å². The lowest BCUT2D eigenvalue weighted by Crippen LogP contribution is -2.35. The molecule has 1 aliphatic heterocycles. The minimum Gasteiger partial charge on any atom is -0.368 e. The number of para-hydroxylation sites is 2. The summed E-state index contributed by atoms with van der Waals surface area (Å²) in [7, 11) is 0. The fourth-order valence-corrected chi connectivity index (χ4v) is 3.02. The van der Waals surface area contributed by atoms with Crippen molar-refractivity contribution in [1.82, 2.24) is 20.2 Å². The summed E-state index contributed by atoms with van der Waals surface area (Å²) in [5.74, 6) is 0.875. The Morgan fingerprint density at radius 2 is 2.12 bits per heavy atom. The number of ether oxygens (including phenoxy) is 1. The summed E-state index contributed by atoms with van der Waals surface area (Å²) in [6.45, 7) is 5.82. The highest BCUT2D eigenvalue weighted by Crippen LogP contribution is 2.17. The molecule has 26 heavy (non-hydrogen) atoms. The van der Waals surface area contributed by atoms with Crippen LogP contribution in [0.25, 0.3) is 11.0 Å². The van der Waals surface area contributed by atoms with E-state index in [1.165, 1.54) is 0 Å². The molecule has 0 spiro atoms. The van der Waals surface area contributed by atoms with Gasteiger partial charge in [0.05, 0.1) is 17.6 Å². The molecule has 1 aromatic heterocycles. The lowest BCUT2D eigenvalue weighted by atomic mass is 10.2. The average Bonchev–Trinajstić information content (AvgIpc) is 3.27. The van der Waals surface area contributed by atoms with Crippen molar-refractivity contribution in [1.29, 1.82) is 0 Å². The van der Waals surface area contributed by atoms with E-state index in [0.717, 1.165) is 23.9 Å². The van der Waals surface area contributed by atoms with Gasteiger partial charge >= 0.3 is 0 Å². The number of hydrogen-bond acceptors (Lipinski definition) is 4. The van der Waals surface area contributed by atoms with Crippen LogP contribution in [0.15, 0.2) is 24.3 Å². The summed E-state index contributed by atoms with van der Waals surface area (Å²) in [6.07, 6.45) is 1.29. The highest BCUT2D eigenvalue weighted by Gasteiger charge is 2.24. The van der Waals surface area contributed by atoms with Crippen LogP contribution in [0.4, 0.5) is 0 Å². The fraction of sp³-hybridized carbons (Fsp3) is 0.526. The summed E-state index contributed by atoms with van der Waals surface area (Å²) in [4.78, 5) is 29.1. The van der Waals surface area contributed by atoms with Gasteiger partial charge in [0.1, 0.15) is 18.5 Å². The van der Waals surface area contributed by atoms with Crippen LogP contribution in [0.1, 0.15) is 32.5 Å². The average molecular weight is 358 g/mol. The van der Waals surface area contributed by atoms with Crippen molar-refractivity contribution in [3.8, 4) is 0 Å². The molecule has 2 aromatic rings. The van der Waals surface area contributed by atoms with Crippen LogP contribution < -0.4 is 10.6 Å². The molecule has 140 valence electrons. The van der Waals surface area contributed by atoms with E-state index in [4.69, 9.17) is 4.74 Å². The molecular formula is C19H26N4O3. The molecule has 0 radical (unpaired) electrons. The molecule has 1 saturated heterocycles. The zero-order valence-electron chi connectivity index (χ0n) is 15.3. The van der Waals surface area contributed by atoms with Gasteiger partial charge in [0, 0.05) is 13.2 Å². The number of imidazole rings is 1. The summed E-state index contributed by atoms with van der Waals surface area (Å²) < 4.78 is 7.27. The largest absolute Gasteiger partial charge is 0.368 e. The normalized spacial score (nSPS) is 17.0. The van der Waals surface area contributed by atoms with E-state index in [2.05, 4.69) is 29.5 Å². The first-order valence-corrected chi connectivity index (χ1v) is 9.14. The van der Waals surface area contributed by atoms with Crippen LogP contribution in [0.3, 0.4) is 0 Å².